The second-order valence-electron chi connectivity index (χ2n) is 4.89. The Morgan fingerprint density at radius 2 is 2.19 bits per heavy atom. The smallest absolute Gasteiger partial charge is 0.258 e. The molecule has 0 radical (unpaired) electrons. The van der Waals surface area contributed by atoms with Gasteiger partial charge >= 0.3 is 0 Å². The van der Waals surface area contributed by atoms with Crippen LogP contribution in [0.15, 0.2) is 35.7 Å². The first kappa shape index (κ1) is 15.5. The number of nitrogens with one attached hydrogen (secondary N) is 1. The lowest BCUT2D eigenvalue weighted by atomic mass is 10.2. The van der Waals surface area contributed by atoms with Gasteiger partial charge in [0, 0.05) is 11.4 Å². The number of aliphatic hydroxyl groups excluding tert-OH is 1. The van der Waals surface area contributed by atoms with E-state index in [1.54, 1.807) is 0 Å². The zero-order valence-electron chi connectivity index (χ0n) is 12.1. The molecule has 0 fully saturated rings. The molecule has 0 saturated heterocycles. The van der Waals surface area contributed by atoms with Crippen molar-refractivity contribution in [3.8, 4) is 5.75 Å². The minimum absolute atomic E-state index is 0.0560. The van der Waals surface area contributed by atoms with Crippen LogP contribution in [-0.4, -0.2) is 24.2 Å². The molecule has 2 N–H and O–H groups in total. The van der Waals surface area contributed by atoms with Crippen LogP contribution in [0, 0.1) is 13.8 Å². The number of hydrogen-bond acceptors (Lipinski definition) is 4. The molecule has 1 aromatic carbocycles. The molecule has 1 aromatic heterocycles. The van der Waals surface area contributed by atoms with Crippen LogP contribution in [0.25, 0.3) is 0 Å². The second-order valence-corrected chi connectivity index (χ2v) is 5.84. The molecule has 5 heteroatoms. The van der Waals surface area contributed by atoms with E-state index < -0.39 is 6.10 Å². The van der Waals surface area contributed by atoms with Gasteiger partial charge in [0.25, 0.3) is 5.91 Å². The van der Waals surface area contributed by atoms with E-state index in [0.29, 0.717) is 5.75 Å². The summed E-state index contributed by atoms with van der Waals surface area (Å²) in [4.78, 5) is 12.6. The highest BCUT2D eigenvalue weighted by atomic mass is 32.1. The number of carbonyl (C=O) groups excluding carboxylic acids is 1. The molecule has 1 amide bonds. The van der Waals surface area contributed by atoms with E-state index in [1.807, 2.05) is 49.6 Å². The van der Waals surface area contributed by atoms with E-state index in [1.165, 1.54) is 11.3 Å². The maximum absolute atomic E-state index is 11.7. The number of carbonyl (C=O) groups is 1. The molecule has 0 saturated carbocycles. The fraction of sp³-hybridized carbons (Fsp3) is 0.312. The predicted molar refractivity (Wildman–Crippen MR) is 83.7 cm³/mol. The summed E-state index contributed by atoms with van der Waals surface area (Å²) >= 11 is 1.49. The second kappa shape index (κ2) is 7.24. The van der Waals surface area contributed by atoms with Crippen molar-refractivity contribution in [1.29, 1.82) is 0 Å². The first-order valence-electron chi connectivity index (χ1n) is 6.74. The number of ether oxygens (including phenoxy) is 1. The molecule has 0 aliphatic rings. The topological polar surface area (TPSA) is 58.6 Å². The van der Waals surface area contributed by atoms with E-state index in [4.69, 9.17) is 4.74 Å². The fourth-order valence-corrected chi connectivity index (χ4v) is 2.85. The molecular weight excluding hydrogens is 286 g/mol. The van der Waals surface area contributed by atoms with Crippen molar-refractivity contribution in [2.45, 2.75) is 20.0 Å². The van der Waals surface area contributed by atoms with Crippen molar-refractivity contribution in [3.63, 3.8) is 0 Å². The number of amides is 1. The first-order chi connectivity index (χ1) is 10.1. The summed E-state index contributed by atoms with van der Waals surface area (Å²) in [7, 11) is 0. The summed E-state index contributed by atoms with van der Waals surface area (Å²) in [6.07, 6.45) is -0.673. The molecule has 1 atom stereocenters. The average molecular weight is 305 g/mol. The van der Waals surface area contributed by atoms with Gasteiger partial charge in [-0.1, -0.05) is 12.1 Å². The third kappa shape index (κ3) is 4.58. The Hall–Kier alpha value is -1.85. The molecule has 4 nitrogen and oxygen atoms in total. The highest BCUT2D eigenvalue weighted by Gasteiger charge is 2.13. The van der Waals surface area contributed by atoms with Crippen LogP contribution in [0.5, 0.6) is 5.75 Å². The Morgan fingerprint density at radius 1 is 1.38 bits per heavy atom. The summed E-state index contributed by atoms with van der Waals surface area (Å²) in [5.74, 6) is 0.421. The van der Waals surface area contributed by atoms with Crippen molar-refractivity contribution in [2.75, 3.05) is 13.2 Å². The van der Waals surface area contributed by atoms with Crippen LogP contribution < -0.4 is 10.1 Å². The van der Waals surface area contributed by atoms with Gasteiger partial charge in [-0.25, -0.2) is 0 Å². The number of rotatable bonds is 6. The molecule has 1 unspecified atom stereocenters. The molecule has 0 aliphatic heterocycles. The van der Waals surface area contributed by atoms with Crippen LogP contribution in [0.2, 0.25) is 0 Å². The lowest BCUT2D eigenvalue weighted by molar-refractivity contribution is -0.123. The molecular formula is C16H19NO3S. The van der Waals surface area contributed by atoms with Gasteiger partial charge in [-0.05, 0) is 48.6 Å². The Kier molecular flexibility index (Phi) is 5.36. The normalized spacial score (nSPS) is 12.0. The summed E-state index contributed by atoms with van der Waals surface area (Å²) in [5.41, 5.74) is 2.12. The number of hydrogen-bond donors (Lipinski definition) is 2. The minimum atomic E-state index is -0.673. The van der Waals surface area contributed by atoms with Gasteiger partial charge in [0.2, 0.25) is 0 Å². The van der Waals surface area contributed by atoms with Gasteiger partial charge in [0.15, 0.2) is 6.61 Å². The van der Waals surface area contributed by atoms with Gasteiger partial charge in [-0.3, -0.25) is 4.79 Å². The van der Waals surface area contributed by atoms with Crippen molar-refractivity contribution in [2.24, 2.45) is 0 Å². The van der Waals surface area contributed by atoms with Crippen LogP contribution >= 0.6 is 11.3 Å². The van der Waals surface area contributed by atoms with Gasteiger partial charge in [0.05, 0.1) is 0 Å². The van der Waals surface area contributed by atoms with Gasteiger partial charge in [-0.15, -0.1) is 11.3 Å². The SMILES string of the molecule is Cc1cccc(OCC(=O)NCC(O)c2sccc2C)c1. The van der Waals surface area contributed by atoms with Gasteiger partial charge in [-0.2, -0.15) is 0 Å². The van der Waals surface area contributed by atoms with Crippen molar-refractivity contribution in [1.82, 2.24) is 5.32 Å². The van der Waals surface area contributed by atoms with E-state index in [9.17, 15) is 9.90 Å². The zero-order valence-corrected chi connectivity index (χ0v) is 12.9. The summed E-state index contributed by atoms with van der Waals surface area (Å²) in [5, 5.41) is 14.6. The van der Waals surface area contributed by atoms with Gasteiger partial charge < -0.3 is 15.2 Å². The van der Waals surface area contributed by atoms with E-state index in [-0.39, 0.29) is 19.1 Å². The lowest BCUT2D eigenvalue weighted by Crippen LogP contribution is -2.32. The molecule has 0 aliphatic carbocycles. The van der Waals surface area contributed by atoms with E-state index >= 15 is 0 Å². The minimum Gasteiger partial charge on any atom is -0.484 e. The van der Waals surface area contributed by atoms with Crippen LogP contribution in [0.4, 0.5) is 0 Å². The number of benzene rings is 1. The standard InChI is InChI=1S/C16H19NO3S/c1-11-4-3-5-13(8-11)20-10-15(19)17-9-14(18)16-12(2)6-7-21-16/h3-8,14,18H,9-10H2,1-2H3,(H,17,19). The predicted octanol–water partition coefficient (Wildman–Crippen LogP) is 2.59. The summed E-state index contributed by atoms with van der Waals surface area (Å²) in [6.45, 7) is 4.04. The Morgan fingerprint density at radius 3 is 2.86 bits per heavy atom. The highest BCUT2D eigenvalue weighted by Crippen LogP contribution is 2.23. The van der Waals surface area contributed by atoms with Crippen molar-refractivity contribution in [3.05, 3.63) is 51.7 Å². The average Bonchev–Trinajstić information content (AvgIpc) is 2.89. The molecule has 2 rings (SSSR count). The Bertz CT molecular complexity index is 609. The van der Waals surface area contributed by atoms with Crippen LogP contribution in [0.3, 0.4) is 0 Å². The molecule has 21 heavy (non-hydrogen) atoms. The number of aliphatic hydroxyl groups is 1. The lowest BCUT2D eigenvalue weighted by Gasteiger charge is -2.12. The summed E-state index contributed by atoms with van der Waals surface area (Å²) in [6, 6.07) is 9.48. The third-order valence-corrected chi connectivity index (χ3v) is 4.18. The van der Waals surface area contributed by atoms with Crippen molar-refractivity contribution < 1.29 is 14.6 Å². The highest BCUT2D eigenvalue weighted by molar-refractivity contribution is 7.10. The van der Waals surface area contributed by atoms with Crippen LogP contribution in [-0.2, 0) is 4.79 Å². The largest absolute Gasteiger partial charge is 0.484 e. The van der Waals surface area contributed by atoms with Crippen LogP contribution in [0.1, 0.15) is 22.1 Å². The maximum Gasteiger partial charge on any atom is 0.258 e. The molecule has 0 bridgehead atoms. The fourth-order valence-electron chi connectivity index (χ4n) is 1.93. The van der Waals surface area contributed by atoms with Crippen molar-refractivity contribution >= 4 is 17.2 Å². The Labute approximate surface area is 128 Å². The van der Waals surface area contributed by atoms with Gasteiger partial charge in [0.1, 0.15) is 11.9 Å². The Balaban J connectivity index is 1.76. The zero-order chi connectivity index (χ0) is 15.2. The first-order valence-corrected chi connectivity index (χ1v) is 7.62. The molecule has 0 spiro atoms. The summed E-state index contributed by atoms with van der Waals surface area (Å²) < 4.78 is 5.40. The van der Waals surface area contributed by atoms with E-state index in [0.717, 1.165) is 16.0 Å². The molecule has 1 heterocycles. The molecule has 2 aromatic rings. The van der Waals surface area contributed by atoms with E-state index in [2.05, 4.69) is 5.32 Å². The number of aryl methyl sites for hydroxylation is 2. The number of thiophene rings is 1. The molecule has 112 valence electrons. The quantitative estimate of drug-likeness (QED) is 0.862. The maximum atomic E-state index is 11.7. The monoisotopic (exact) mass is 305 g/mol. The third-order valence-electron chi connectivity index (χ3n) is 3.06.